The second-order valence-electron chi connectivity index (χ2n) is 7.09. The van der Waals surface area contributed by atoms with E-state index in [9.17, 15) is 15.2 Å². The number of aliphatic imine (C=N–C) groups is 1. The quantitative estimate of drug-likeness (QED) is 0.809. The molecule has 27 heavy (non-hydrogen) atoms. The van der Waals surface area contributed by atoms with E-state index in [2.05, 4.69) is 11.9 Å². The Morgan fingerprint density at radius 1 is 1.26 bits per heavy atom. The fourth-order valence-electron chi connectivity index (χ4n) is 3.73. The number of nitrogens with zero attached hydrogens (tertiary/aromatic N) is 3. The molecule has 3 rings (SSSR count). The normalized spacial score (nSPS) is 15.1. The zero-order chi connectivity index (χ0) is 19.4. The second-order valence-corrected chi connectivity index (χ2v) is 7.09. The number of aromatic hydroxyl groups is 1. The van der Waals surface area contributed by atoms with Crippen LogP contribution in [-0.4, -0.2) is 15.9 Å². The summed E-state index contributed by atoms with van der Waals surface area (Å²) in [6.45, 7) is 3.78. The molecule has 0 spiro atoms. The van der Waals surface area contributed by atoms with Gasteiger partial charge in [0, 0.05) is 12.3 Å². The summed E-state index contributed by atoms with van der Waals surface area (Å²) >= 11 is 0. The highest BCUT2D eigenvalue weighted by Crippen LogP contribution is 2.32. The molecule has 1 N–H and O–H groups in total. The fourth-order valence-corrected chi connectivity index (χ4v) is 3.73. The number of aromatic nitrogens is 1. The Morgan fingerprint density at radius 2 is 1.93 bits per heavy atom. The Morgan fingerprint density at radius 3 is 2.52 bits per heavy atom. The Bertz CT molecular complexity index is 943. The molecular formula is C22H25N3O2. The van der Waals surface area contributed by atoms with E-state index in [1.807, 2.05) is 30.3 Å². The minimum absolute atomic E-state index is 0.0602. The van der Waals surface area contributed by atoms with E-state index in [0.29, 0.717) is 11.1 Å². The highest BCUT2D eigenvalue weighted by atomic mass is 16.3. The number of hydrogen-bond donors (Lipinski definition) is 1. The van der Waals surface area contributed by atoms with Gasteiger partial charge >= 0.3 is 0 Å². The summed E-state index contributed by atoms with van der Waals surface area (Å²) in [5, 5.41) is 20.3. The Hall–Kier alpha value is -2.87. The smallest absolute Gasteiger partial charge is 0.271 e. The first kappa shape index (κ1) is 18.9. The number of nitriles is 1. The minimum Gasteiger partial charge on any atom is -0.494 e. The largest absolute Gasteiger partial charge is 0.494 e. The van der Waals surface area contributed by atoms with Gasteiger partial charge in [-0.1, -0.05) is 38.3 Å². The van der Waals surface area contributed by atoms with Gasteiger partial charge < -0.3 is 5.11 Å². The van der Waals surface area contributed by atoms with Crippen molar-refractivity contribution in [1.82, 2.24) is 4.57 Å². The van der Waals surface area contributed by atoms with Gasteiger partial charge in [0.15, 0.2) is 0 Å². The number of aryl methyl sites for hydroxylation is 1. The minimum atomic E-state index is -0.399. The van der Waals surface area contributed by atoms with Crippen molar-refractivity contribution < 1.29 is 5.11 Å². The van der Waals surface area contributed by atoms with E-state index in [1.165, 1.54) is 10.1 Å². The van der Waals surface area contributed by atoms with Crippen LogP contribution in [0.2, 0.25) is 0 Å². The van der Waals surface area contributed by atoms with Gasteiger partial charge in [0.1, 0.15) is 11.6 Å². The molecule has 1 fully saturated rings. The van der Waals surface area contributed by atoms with E-state index < -0.39 is 5.56 Å². The molecule has 1 aromatic heterocycles. The summed E-state index contributed by atoms with van der Waals surface area (Å²) in [5.41, 5.74) is 2.59. The molecule has 0 saturated heterocycles. The SMILES string of the molecule is CCc1ccc(N=Cc2c(C)c(C#N)c(=O)n(C3CCCCC3)c2O)cc1. The topological polar surface area (TPSA) is 78.4 Å². The van der Waals surface area contributed by atoms with Crippen LogP contribution in [-0.2, 0) is 6.42 Å². The van der Waals surface area contributed by atoms with Crippen LogP contribution >= 0.6 is 0 Å². The van der Waals surface area contributed by atoms with Crippen molar-refractivity contribution in [3.05, 3.63) is 56.9 Å². The average molecular weight is 363 g/mol. The van der Waals surface area contributed by atoms with E-state index in [1.54, 1.807) is 13.1 Å². The third-order valence-corrected chi connectivity index (χ3v) is 5.42. The average Bonchev–Trinajstić information content (AvgIpc) is 2.69. The van der Waals surface area contributed by atoms with Crippen molar-refractivity contribution in [3.63, 3.8) is 0 Å². The van der Waals surface area contributed by atoms with Crippen molar-refractivity contribution in [1.29, 1.82) is 5.26 Å². The van der Waals surface area contributed by atoms with E-state index >= 15 is 0 Å². The zero-order valence-corrected chi connectivity index (χ0v) is 15.9. The first-order valence-electron chi connectivity index (χ1n) is 9.58. The number of benzene rings is 1. The van der Waals surface area contributed by atoms with Crippen LogP contribution < -0.4 is 5.56 Å². The lowest BCUT2D eigenvalue weighted by Crippen LogP contribution is -2.30. The summed E-state index contributed by atoms with van der Waals surface area (Å²) in [7, 11) is 0. The zero-order valence-electron chi connectivity index (χ0n) is 15.9. The van der Waals surface area contributed by atoms with Crippen molar-refractivity contribution in [2.45, 2.75) is 58.4 Å². The molecule has 140 valence electrons. The molecule has 0 unspecified atom stereocenters. The van der Waals surface area contributed by atoms with Crippen LogP contribution in [0, 0.1) is 18.3 Å². The maximum atomic E-state index is 12.8. The summed E-state index contributed by atoms with van der Waals surface area (Å²) in [6.07, 6.45) is 7.41. The van der Waals surface area contributed by atoms with Gasteiger partial charge in [-0.25, -0.2) is 0 Å². The monoisotopic (exact) mass is 363 g/mol. The first-order valence-corrected chi connectivity index (χ1v) is 9.58. The van der Waals surface area contributed by atoms with Gasteiger partial charge in [0.05, 0.1) is 11.3 Å². The summed E-state index contributed by atoms with van der Waals surface area (Å²) in [4.78, 5) is 17.2. The maximum Gasteiger partial charge on any atom is 0.271 e. The Balaban J connectivity index is 2.07. The Kier molecular flexibility index (Phi) is 5.75. The first-order chi connectivity index (χ1) is 13.1. The van der Waals surface area contributed by atoms with Crippen LogP contribution in [0.5, 0.6) is 5.88 Å². The third-order valence-electron chi connectivity index (χ3n) is 5.42. The summed E-state index contributed by atoms with van der Waals surface area (Å²) in [5.74, 6) is -0.0858. The molecule has 1 aliphatic rings. The molecule has 0 atom stereocenters. The van der Waals surface area contributed by atoms with Gasteiger partial charge in [0.25, 0.3) is 5.56 Å². The van der Waals surface area contributed by atoms with Gasteiger partial charge in [-0.3, -0.25) is 14.4 Å². The van der Waals surface area contributed by atoms with Crippen LogP contribution in [0.1, 0.15) is 67.3 Å². The van der Waals surface area contributed by atoms with Crippen molar-refractivity contribution in [2.75, 3.05) is 0 Å². The molecule has 1 heterocycles. The van der Waals surface area contributed by atoms with Gasteiger partial charge in [-0.05, 0) is 49.4 Å². The van der Waals surface area contributed by atoms with E-state index in [0.717, 1.165) is 44.2 Å². The van der Waals surface area contributed by atoms with Gasteiger partial charge in [0.2, 0.25) is 5.88 Å². The Labute approximate surface area is 159 Å². The van der Waals surface area contributed by atoms with Crippen LogP contribution in [0.25, 0.3) is 0 Å². The highest BCUT2D eigenvalue weighted by Gasteiger charge is 2.24. The molecule has 1 aromatic carbocycles. The van der Waals surface area contributed by atoms with E-state index in [-0.39, 0.29) is 17.5 Å². The lowest BCUT2D eigenvalue weighted by atomic mass is 9.94. The second kappa shape index (κ2) is 8.22. The number of pyridine rings is 1. The number of hydrogen-bond acceptors (Lipinski definition) is 4. The van der Waals surface area contributed by atoms with Crippen molar-refractivity contribution in [2.24, 2.45) is 4.99 Å². The van der Waals surface area contributed by atoms with Crippen LogP contribution in [0.3, 0.4) is 0 Å². The summed E-state index contributed by atoms with van der Waals surface area (Å²) < 4.78 is 1.41. The summed E-state index contributed by atoms with van der Waals surface area (Å²) in [6, 6.07) is 9.83. The molecule has 0 aliphatic heterocycles. The molecule has 0 radical (unpaired) electrons. The standard InChI is InChI=1S/C22H25N3O2/c1-3-16-9-11-17(12-10-16)24-14-20-15(2)19(13-23)21(26)25(22(20)27)18-7-5-4-6-8-18/h9-12,14,18,27H,3-8H2,1-2H3. The van der Waals surface area contributed by atoms with Gasteiger partial charge in [-0.15, -0.1) is 0 Å². The molecule has 2 aromatic rings. The highest BCUT2D eigenvalue weighted by molar-refractivity contribution is 5.87. The predicted octanol–water partition coefficient (Wildman–Crippen LogP) is 4.55. The molecule has 5 nitrogen and oxygen atoms in total. The fraction of sp³-hybridized carbons (Fsp3) is 0.409. The molecule has 0 amide bonds. The molecular weight excluding hydrogens is 338 g/mol. The number of rotatable bonds is 4. The molecule has 1 saturated carbocycles. The van der Waals surface area contributed by atoms with Crippen molar-refractivity contribution in [3.8, 4) is 11.9 Å². The lowest BCUT2D eigenvalue weighted by molar-refractivity contribution is 0.303. The van der Waals surface area contributed by atoms with Crippen LogP contribution in [0.4, 0.5) is 5.69 Å². The van der Waals surface area contributed by atoms with Crippen LogP contribution in [0.15, 0.2) is 34.1 Å². The molecule has 0 bridgehead atoms. The predicted molar refractivity (Wildman–Crippen MR) is 107 cm³/mol. The van der Waals surface area contributed by atoms with E-state index in [4.69, 9.17) is 0 Å². The van der Waals surface area contributed by atoms with Gasteiger partial charge in [-0.2, -0.15) is 5.26 Å². The van der Waals surface area contributed by atoms with Crippen molar-refractivity contribution >= 4 is 11.9 Å². The molecule has 5 heteroatoms. The molecule has 1 aliphatic carbocycles. The maximum absolute atomic E-state index is 12.8. The third kappa shape index (κ3) is 3.80. The lowest BCUT2D eigenvalue weighted by Gasteiger charge is -2.26.